The highest BCUT2D eigenvalue weighted by molar-refractivity contribution is 5.93. The van der Waals surface area contributed by atoms with Crippen molar-refractivity contribution in [2.45, 2.75) is 13.5 Å². The lowest BCUT2D eigenvalue weighted by atomic mass is 10.4. The fraction of sp³-hybridized carbons (Fsp3) is 0.667. The van der Waals surface area contributed by atoms with Crippen LogP contribution in [0.15, 0.2) is 0 Å². The Labute approximate surface area is 70.0 Å². The molecule has 0 spiro atoms. The Morgan fingerprint density at radius 2 is 2.42 bits per heavy atom. The van der Waals surface area contributed by atoms with Gasteiger partial charge in [-0.1, -0.05) is 0 Å². The molecule has 66 valence electrons. The molecule has 6 nitrogen and oxygen atoms in total. The summed E-state index contributed by atoms with van der Waals surface area (Å²) in [5, 5.41) is 13.8. The maximum atomic E-state index is 11.1. The molecule has 0 radical (unpaired) electrons. The molecular weight excluding hydrogens is 158 g/mol. The van der Waals surface area contributed by atoms with Crippen LogP contribution >= 0.6 is 0 Å². The Morgan fingerprint density at radius 3 is 2.92 bits per heavy atom. The average Bonchev–Trinajstić information content (AvgIpc) is 2.52. The number of carbonyl (C=O) groups excluding carboxylic acids is 1. The standard InChI is InChI=1S/C6H11N5O/c1-3-11-9-6(8-10-11)5(12)4-7-2/h7H,3-4H2,1-2H3. The minimum absolute atomic E-state index is 0.141. The number of aromatic nitrogens is 4. The Bertz CT molecular complexity index is 269. The number of hydrogen-bond acceptors (Lipinski definition) is 5. The number of carbonyl (C=O) groups is 1. The highest BCUT2D eigenvalue weighted by atomic mass is 16.1. The van der Waals surface area contributed by atoms with Crippen molar-refractivity contribution in [3.05, 3.63) is 5.82 Å². The number of hydrogen-bond donors (Lipinski definition) is 1. The Hall–Kier alpha value is -1.30. The number of ketones is 1. The molecule has 1 aromatic rings. The lowest BCUT2D eigenvalue weighted by Crippen LogP contribution is -2.19. The van der Waals surface area contributed by atoms with Crippen LogP contribution in [-0.4, -0.2) is 39.6 Å². The molecule has 1 N–H and O–H groups in total. The number of tetrazole rings is 1. The highest BCUT2D eigenvalue weighted by Crippen LogP contribution is 1.87. The van der Waals surface area contributed by atoms with Crippen LogP contribution in [0.25, 0.3) is 0 Å². The first-order valence-electron chi connectivity index (χ1n) is 3.73. The van der Waals surface area contributed by atoms with E-state index < -0.39 is 0 Å². The molecule has 0 aliphatic carbocycles. The molecule has 0 aromatic carbocycles. The highest BCUT2D eigenvalue weighted by Gasteiger charge is 2.10. The Balaban J connectivity index is 2.68. The van der Waals surface area contributed by atoms with Crippen molar-refractivity contribution in [1.29, 1.82) is 0 Å². The molecule has 0 saturated carbocycles. The van der Waals surface area contributed by atoms with Crippen molar-refractivity contribution in [2.24, 2.45) is 0 Å². The summed E-state index contributed by atoms with van der Waals surface area (Å²) in [6.45, 7) is 2.75. The van der Waals surface area contributed by atoms with E-state index in [1.54, 1.807) is 7.05 Å². The number of nitrogens with zero attached hydrogens (tertiary/aromatic N) is 4. The van der Waals surface area contributed by atoms with E-state index in [4.69, 9.17) is 0 Å². The number of nitrogens with one attached hydrogen (secondary N) is 1. The minimum Gasteiger partial charge on any atom is -0.313 e. The van der Waals surface area contributed by atoms with Crippen molar-refractivity contribution >= 4 is 5.78 Å². The lowest BCUT2D eigenvalue weighted by molar-refractivity contribution is 0.0983. The van der Waals surface area contributed by atoms with Crippen LogP contribution in [0.3, 0.4) is 0 Å². The molecular formula is C6H11N5O. The Kier molecular flexibility index (Phi) is 2.87. The number of likely N-dealkylation sites (N-methyl/N-ethyl adjacent to an activating group) is 1. The van der Waals surface area contributed by atoms with E-state index in [0.717, 1.165) is 0 Å². The van der Waals surface area contributed by atoms with E-state index in [-0.39, 0.29) is 18.2 Å². The largest absolute Gasteiger partial charge is 0.313 e. The smallest absolute Gasteiger partial charge is 0.241 e. The van der Waals surface area contributed by atoms with Crippen molar-refractivity contribution < 1.29 is 4.79 Å². The van der Waals surface area contributed by atoms with Gasteiger partial charge in [-0.15, -0.1) is 10.2 Å². The molecule has 12 heavy (non-hydrogen) atoms. The lowest BCUT2D eigenvalue weighted by Gasteiger charge is -1.91. The Morgan fingerprint density at radius 1 is 1.67 bits per heavy atom. The van der Waals surface area contributed by atoms with E-state index in [1.807, 2.05) is 6.92 Å². The fourth-order valence-electron chi connectivity index (χ4n) is 0.728. The van der Waals surface area contributed by atoms with Crippen LogP contribution in [0, 0.1) is 0 Å². The molecule has 6 heteroatoms. The maximum absolute atomic E-state index is 11.1. The molecule has 0 saturated heterocycles. The van der Waals surface area contributed by atoms with Crippen molar-refractivity contribution in [3.8, 4) is 0 Å². The van der Waals surface area contributed by atoms with Crippen molar-refractivity contribution in [3.63, 3.8) is 0 Å². The third-order valence-electron chi connectivity index (χ3n) is 1.32. The summed E-state index contributed by atoms with van der Waals surface area (Å²) in [7, 11) is 1.70. The SMILES string of the molecule is CCn1nnc(C(=O)CNC)n1. The number of Topliss-reactive ketones (excluding diaryl/α,β-unsaturated/α-hetero) is 1. The van der Waals surface area contributed by atoms with Crippen LogP contribution in [0.2, 0.25) is 0 Å². The molecule has 0 unspecified atom stereocenters. The quantitative estimate of drug-likeness (QED) is 0.591. The summed E-state index contributed by atoms with van der Waals surface area (Å²) < 4.78 is 0. The maximum Gasteiger partial charge on any atom is 0.241 e. The van der Waals surface area contributed by atoms with Gasteiger partial charge >= 0.3 is 0 Å². The van der Waals surface area contributed by atoms with E-state index in [0.29, 0.717) is 6.54 Å². The van der Waals surface area contributed by atoms with Gasteiger partial charge in [0.25, 0.3) is 0 Å². The summed E-state index contributed by atoms with van der Waals surface area (Å²) in [6, 6.07) is 0. The molecule has 1 heterocycles. The summed E-state index contributed by atoms with van der Waals surface area (Å²) in [5.74, 6) is 0.0309. The first kappa shape index (κ1) is 8.79. The van der Waals surface area contributed by atoms with Crippen molar-refractivity contribution in [1.82, 2.24) is 25.5 Å². The monoisotopic (exact) mass is 169 g/mol. The van der Waals surface area contributed by atoms with Crippen molar-refractivity contribution in [2.75, 3.05) is 13.6 Å². The van der Waals surface area contributed by atoms with E-state index in [9.17, 15) is 4.79 Å². The number of rotatable bonds is 4. The van der Waals surface area contributed by atoms with Gasteiger partial charge in [0.15, 0.2) is 0 Å². The normalized spacial score (nSPS) is 10.2. The van der Waals surface area contributed by atoms with Crippen LogP contribution < -0.4 is 5.32 Å². The van der Waals surface area contributed by atoms with E-state index in [2.05, 4.69) is 20.7 Å². The second-order valence-electron chi connectivity index (χ2n) is 2.26. The topological polar surface area (TPSA) is 72.7 Å². The zero-order valence-corrected chi connectivity index (χ0v) is 7.11. The van der Waals surface area contributed by atoms with Crippen LogP contribution in [-0.2, 0) is 6.54 Å². The summed E-state index contributed by atoms with van der Waals surface area (Å²) in [6.07, 6.45) is 0. The zero-order valence-electron chi connectivity index (χ0n) is 7.11. The number of aryl methyl sites for hydroxylation is 1. The zero-order chi connectivity index (χ0) is 8.97. The molecule has 0 aliphatic heterocycles. The first-order chi connectivity index (χ1) is 5.77. The molecule has 1 rings (SSSR count). The molecule has 0 aliphatic rings. The van der Waals surface area contributed by atoms with Gasteiger partial charge in [-0.05, 0) is 19.2 Å². The second kappa shape index (κ2) is 3.91. The van der Waals surface area contributed by atoms with Gasteiger partial charge in [0.05, 0.1) is 13.1 Å². The summed E-state index contributed by atoms with van der Waals surface area (Å²) in [4.78, 5) is 12.5. The van der Waals surface area contributed by atoms with Gasteiger partial charge in [-0.3, -0.25) is 4.79 Å². The van der Waals surface area contributed by atoms with Gasteiger partial charge in [0.1, 0.15) is 0 Å². The summed E-state index contributed by atoms with van der Waals surface area (Å²) >= 11 is 0. The first-order valence-corrected chi connectivity index (χ1v) is 3.73. The molecule has 1 aromatic heterocycles. The van der Waals surface area contributed by atoms with Gasteiger partial charge in [-0.25, -0.2) is 0 Å². The van der Waals surface area contributed by atoms with Crippen LogP contribution in [0.1, 0.15) is 17.5 Å². The van der Waals surface area contributed by atoms with Gasteiger partial charge in [0.2, 0.25) is 11.6 Å². The second-order valence-corrected chi connectivity index (χ2v) is 2.26. The molecule has 0 atom stereocenters. The third-order valence-corrected chi connectivity index (χ3v) is 1.32. The van der Waals surface area contributed by atoms with Gasteiger partial charge in [0, 0.05) is 0 Å². The van der Waals surface area contributed by atoms with Gasteiger partial charge < -0.3 is 5.32 Å². The third kappa shape index (κ3) is 1.85. The average molecular weight is 169 g/mol. The summed E-state index contributed by atoms with van der Waals surface area (Å²) in [5.41, 5.74) is 0. The predicted octanol–water partition coefficient (Wildman–Crippen LogP) is -0.905. The van der Waals surface area contributed by atoms with E-state index in [1.165, 1.54) is 4.80 Å². The van der Waals surface area contributed by atoms with E-state index >= 15 is 0 Å². The molecule has 0 bridgehead atoms. The van der Waals surface area contributed by atoms with Crippen LogP contribution in [0.4, 0.5) is 0 Å². The minimum atomic E-state index is -0.141. The van der Waals surface area contributed by atoms with Crippen LogP contribution in [0.5, 0.6) is 0 Å². The fourth-order valence-corrected chi connectivity index (χ4v) is 0.728. The molecule has 0 fully saturated rings. The predicted molar refractivity (Wildman–Crippen MR) is 41.7 cm³/mol. The van der Waals surface area contributed by atoms with Gasteiger partial charge in [-0.2, -0.15) is 4.80 Å². The molecule has 0 amide bonds.